The fraction of sp³-hybridized carbons (Fsp3) is 0.364. The van der Waals surface area contributed by atoms with Gasteiger partial charge in [-0.1, -0.05) is 12.1 Å². The first kappa shape index (κ1) is 14.7. The minimum Gasteiger partial charge on any atom is -0.508 e. The van der Waals surface area contributed by atoms with E-state index in [1.165, 1.54) is 0 Å². The molecular weight excluding hydrogens is 272 g/mol. The Morgan fingerprint density at radius 2 is 2.06 bits per heavy atom. The van der Waals surface area contributed by atoms with Crippen molar-refractivity contribution in [1.29, 1.82) is 0 Å². The van der Waals surface area contributed by atoms with E-state index in [4.69, 9.17) is 0 Å². The Morgan fingerprint density at radius 1 is 1.39 bits per heavy atom. The largest absolute Gasteiger partial charge is 0.508 e. The molecule has 0 unspecified atom stereocenters. The van der Waals surface area contributed by atoms with Crippen molar-refractivity contribution >= 4 is 22.8 Å². The highest BCUT2D eigenvalue weighted by Gasteiger charge is 2.11. The molecular formula is C11H13NO4P2. The van der Waals surface area contributed by atoms with Crippen LogP contribution in [0.15, 0.2) is 18.2 Å². The number of carbonyl (C=O) groups is 1. The van der Waals surface area contributed by atoms with Crippen LogP contribution in [0, 0.1) is 6.92 Å². The molecule has 2 N–H and O–H groups in total. The lowest BCUT2D eigenvalue weighted by Crippen LogP contribution is -2.27. The maximum absolute atomic E-state index is 11.4. The van der Waals surface area contributed by atoms with E-state index in [0.29, 0.717) is 6.42 Å². The minimum atomic E-state index is -0.876. The Morgan fingerprint density at radius 3 is 2.61 bits per heavy atom. The number of rotatable bonds is 6. The lowest BCUT2D eigenvalue weighted by molar-refractivity contribution is -0.120. The van der Waals surface area contributed by atoms with E-state index < -0.39 is 5.52 Å². The van der Waals surface area contributed by atoms with Crippen molar-refractivity contribution in [3.63, 3.8) is 0 Å². The van der Waals surface area contributed by atoms with Crippen LogP contribution in [0.2, 0.25) is 0 Å². The fourth-order valence-corrected chi connectivity index (χ4v) is 1.97. The van der Waals surface area contributed by atoms with Gasteiger partial charge in [-0.3, -0.25) is 13.9 Å². The SMILES string of the molecule is Cc1cc(CCC(=O)NC(P=O)P=O)ccc1O. The third-order valence-corrected chi connectivity index (χ3v) is 3.61. The Balaban J connectivity index is 2.49. The molecule has 7 heteroatoms. The van der Waals surface area contributed by atoms with Gasteiger partial charge in [0.15, 0.2) is 22.4 Å². The van der Waals surface area contributed by atoms with Crippen LogP contribution in [-0.4, -0.2) is 16.5 Å². The summed E-state index contributed by atoms with van der Waals surface area (Å²) in [5, 5.41) is 11.7. The molecule has 0 aliphatic rings. The molecule has 0 bridgehead atoms. The van der Waals surface area contributed by atoms with Crippen molar-refractivity contribution in [3.8, 4) is 5.75 Å². The summed E-state index contributed by atoms with van der Waals surface area (Å²) in [6.07, 6.45) is 0.719. The number of hydrogen-bond donors (Lipinski definition) is 2. The number of nitrogens with one attached hydrogen (secondary N) is 1. The van der Waals surface area contributed by atoms with E-state index in [1.54, 1.807) is 25.1 Å². The van der Waals surface area contributed by atoms with Crippen LogP contribution in [0.5, 0.6) is 5.75 Å². The van der Waals surface area contributed by atoms with Crippen molar-refractivity contribution in [2.24, 2.45) is 0 Å². The number of carbonyl (C=O) groups excluding carboxylic acids is 1. The van der Waals surface area contributed by atoms with E-state index >= 15 is 0 Å². The molecule has 0 aromatic heterocycles. The number of phenols is 1. The third kappa shape index (κ3) is 4.52. The van der Waals surface area contributed by atoms with Crippen molar-refractivity contribution in [2.75, 3.05) is 0 Å². The number of aromatic hydroxyl groups is 1. The second-order valence-corrected chi connectivity index (χ2v) is 5.63. The molecule has 0 saturated carbocycles. The average Bonchev–Trinajstić information content (AvgIpc) is 2.37. The number of amides is 1. The molecule has 96 valence electrons. The Labute approximate surface area is 108 Å². The maximum atomic E-state index is 11.4. The smallest absolute Gasteiger partial charge is 0.221 e. The second-order valence-electron chi connectivity index (χ2n) is 3.77. The minimum absolute atomic E-state index is 0.214. The summed E-state index contributed by atoms with van der Waals surface area (Å²) in [6, 6.07) is 5.13. The summed E-state index contributed by atoms with van der Waals surface area (Å²) >= 11 is 0. The molecule has 0 fully saturated rings. The first-order valence-corrected chi connectivity index (χ1v) is 7.06. The average molecular weight is 285 g/mol. The standard InChI is InChI=1S/C11H13NO4P2/c1-7-6-8(2-4-9(7)13)3-5-10(14)12-11(17-15)18-16/h2,4,6,11,13H,3,5H2,1H3,(H,12,14). The number of hydrogen-bond acceptors (Lipinski definition) is 4. The Bertz CT molecular complexity index is 456. The van der Waals surface area contributed by atoms with Gasteiger partial charge in [0.25, 0.3) is 0 Å². The molecule has 0 atom stereocenters. The molecule has 1 aromatic rings. The first-order valence-electron chi connectivity index (χ1n) is 5.29. The van der Waals surface area contributed by atoms with Crippen LogP contribution in [0.1, 0.15) is 17.5 Å². The second kappa shape index (κ2) is 7.20. The van der Waals surface area contributed by atoms with E-state index in [-0.39, 0.29) is 35.0 Å². The molecule has 0 aliphatic heterocycles. The highest BCUT2D eigenvalue weighted by atomic mass is 31.1. The lowest BCUT2D eigenvalue weighted by atomic mass is 10.1. The maximum Gasteiger partial charge on any atom is 0.221 e. The van der Waals surface area contributed by atoms with E-state index in [2.05, 4.69) is 5.32 Å². The van der Waals surface area contributed by atoms with Crippen LogP contribution in [0.25, 0.3) is 0 Å². The van der Waals surface area contributed by atoms with Crippen LogP contribution in [-0.2, 0) is 20.3 Å². The molecule has 18 heavy (non-hydrogen) atoms. The van der Waals surface area contributed by atoms with Gasteiger partial charge in [-0.15, -0.1) is 0 Å². The molecule has 0 spiro atoms. The predicted molar refractivity (Wildman–Crippen MR) is 68.3 cm³/mol. The summed E-state index contributed by atoms with van der Waals surface area (Å²) in [5.74, 6) is -0.0870. The molecule has 0 aliphatic carbocycles. The molecule has 0 saturated heterocycles. The fourth-order valence-electron chi connectivity index (χ4n) is 1.42. The lowest BCUT2D eigenvalue weighted by Gasteiger charge is -2.06. The summed E-state index contributed by atoms with van der Waals surface area (Å²) < 4.78 is 21.0. The molecule has 1 rings (SSSR count). The molecule has 0 radical (unpaired) electrons. The Kier molecular flexibility index (Phi) is 5.90. The normalized spacial score (nSPS) is 12.5. The van der Waals surface area contributed by atoms with E-state index in [1.807, 2.05) is 0 Å². The van der Waals surface area contributed by atoms with Gasteiger partial charge >= 0.3 is 0 Å². The summed E-state index contributed by atoms with van der Waals surface area (Å²) in [6.45, 7) is 1.78. The zero-order valence-electron chi connectivity index (χ0n) is 9.79. The number of benzene rings is 1. The number of aryl methyl sites for hydroxylation is 2. The van der Waals surface area contributed by atoms with Gasteiger partial charge in [0, 0.05) is 6.42 Å². The molecule has 1 aromatic carbocycles. The predicted octanol–water partition coefficient (Wildman–Crippen LogP) is 2.62. The zero-order chi connectivity index (χ0) is 13.5. The van der Waals surface area contributed by atoms with Gasteiger partial charge in [-0.25, -0.2) is 0 Å². The summed E-state index contributed by atoms with van der Waals surface area (Å²) in [4.78, 5) is 11.4. The van der Waals surface area contributed by atoms with Crippen molar-refractivity contribution in [1.82, 2.24) is 5.32 Å². The van der Waals surface area contributed by atoms with Crippen LogP contribution in [0.4, 0.5) is 0 Å². The van der Waals surface area contributed by atoms with Crippen LogP contribution >= 0.6 is 16.9 Å². The van der Waals surface area contributed by atoms with Gasteiger partial charge in [-0.2, -0.15) is 0 Å². The van der Waals surface area contributed by atoms with Gasteiger partial charge in [-0.05, 0) is 30.5 Å². The molecule has 1 amide bonds. The zero-order valence-corrected chi connectivity index (χ0v) is 11.6. The van der Waals surface area contributed by atoms with Gasteiger partial charge in [0.2, 0.25) is 5.91 Å². The molecule has 5 nitrogen and oxygen atoms in total. The monoisotopic (exact) mass is 285 g/mol. The van der Waals surface area contributed by atoms with Gasteiger partial charge in [0.1, 0.15) is 5.75 Å². The molecule has 0 heterocycles. The highest BCUT2D eigenvalue weighted by molar-refractivity contribution is 7.44. The topological polar surface area (TPSA) is 83.5 Å². The summed E-state index contributed by atoms with van der Waals surface area (Å²) in [7, 11) is -0.746. The van der Waals surface area contributed by atoms with E-state index in [9.17, 15) is 19.0 Å². The Hall–Kier alpha value is -1.31. The quantitative estimate of drug-likeness (QED) is 0.787. The third-order valence-electron chi connectivity index (χ3n) is 2.39. The highest BCUT2D eigenvalue weighted by Crippen LogP contribution is 2.18. The van der Waals surface area contributed by atoms with Crippen LogP contribution < -0.4 is 5.32 Å². The van der Waals surface area contributed by atoms with E-state index in [0.717, 1.165) is 11.1 Å². The van der Waals surface area contributed by atoms with Gasteiger partial charge in [0.05, 0.1) is 0 Å². The van der Waals surface area contributed by atoms with Crippen LogP contribution in [0.3, 0.4) is 0 Å². The first-order chi connectivity index (χ1) is 8.56. The van der Waals surface area contributed by atoms with Crippen molar-refractivity contribution in [3.05, 3.63) is 29.3 Å². The number of phenolic OH excluding ortho intramolecular Hbond substituents is 1. The van der Waals surface area contributed by atoms with Crippen molar-refractivity contribution < 1.29 is 19.0 Å². The summed E-state index contributed by atoms with van der Waals surface area (Å²) in [5.41, 5.74) is 0.803. The van der Waals surface area contributed by atoms with Gasteiger partial charge < -0.3 is 10.4 Å². The van der Waals surface area contributed by atoms with Crippen molar-refractivity contribution in [2.45, 2.75) is 25.3 Å².